The monoisotopic (exact) mass is 160 g/mol. The van der Waals surface area contributed by atoms with Crippen LogP contribution in [0.5, 0.6) is 0 Å². The minimum absolute atomic E-state index is 0.240. The molecule has 1 N–H and O–H groups in total. The molecule has 2 unspecified atom stereocenters. The van der Waals surface area contributed by atoms with E-state index in [-0.39, 0.29) is 5.57 Å². The first-order valence-corrected chi connectivity index (χ1v) is 3.37. The Morgan fingerprint density at radius 1 is 1.64 bits per heavy atom. The van der Waals surface area contributed by atoms with Crippen LogP contribution in [0.1, 0.15) is 13.8 Å². The predicted octanol–water partition coefficient (Wildman–Crippen LogP) is 1.89. The molecule has 62 valence electrons. The zero-order valence-corrected chi connectivity index (χ0v) is 6.44. The molecule has 0 heterocycles. The van der Waals surface area contributed by atoms with E-state index in [9.17, 15) is 13.9 Å². The van der Waals surface area contributed by atoms with E-state index in [1.54, 1.807) is 0 Å². The molecule has 0 bridgehead atoms. The highest BCUT2D eigenvalue weighted by Crippen LogP contribution is 2.28. The molecule has 1 aliphatic rings. The largest absolute Gasteiger partial charge is 0.383 e. The molecule has 1 rings (SSSR count). The van der Waals surface area contributed by atoms with Crippen molar-refractivity contribution in [2.75, 3.05) is 0 Å². The Morgan fingerprint density at radius 3 is 2.64 bits per heavy atom. The van der Waals surface area contributed by atoms with Gasteiger partial charge < -0.3 is 5.11 Å². The Balaban J connectivity index is 2.98. The Bertz CT molecular complexity index is 228. The van der Waals surface area contributed by atoms with Crippen LogP contribution in [-0.4, -0.2) is 16.9 Å². The van der Waals surface area contributed by atoms with Crippen LogP contribution in [0.3, 0.4) is 0 Å². The molecule has 3 heteroatoms. The van der Waals surface area contributed by atoms with Crippen LogP contribution in [-0.2, 0) is 0 Å². The fraction of sp³-hybridized carbons (Fsp3) is 0.500. The summed E-state index contributed by atoms with van der Waals surface area (Å²) >= 11 is 0. The lowest BCUT2D eigenvalue weighted by molar-refractivity contribution is 0.0414. The molecule has 0 saturated carbocycles. The fourth-order valence-corrected chi connectivity index (χ4v) is 0.918. The number of aliphatic hydroxyl groups is 1. The van der Waals surface area contributed by atoms with E-state index in [1.165, 1.54) is 13.8 Å². The molecule has 0 fully saturated rings. The van der Waals surface area contributed by atoms with Crippen LogP contribution < -0.4 is 0 Å². The quantitative estimate of drug-likeness (QED) is 0.573. The lowest BCUT2D eigenvalue weighted by Crippen LogP contribution is -2.35. The zero-order valence-electron chi connectivity index (χ0n) is 6.44. The third-order valence-corrected chi connectivity index (χ3v) is 1.75. The summed E-state index contributed by atoms with van der Waals surface area (Å²) in [4.78, 5) is 0. The van der Waals surface area contributed by atoms with E-state index in [0.717, 1.165) is 12.2 Å². The molecule has 2 atom stereocenters. The standard InChI is InChI=1S/C8H10F2O/c1-5-3-7(10)8(2,11)4-6(5)9/h3-4,7,11H,1-2H3. The highest BCUT2D eigenvalue weighted by atomic mass is 19.1. The highest BCUT2D eigenvalue weighted by Gasteiger charge is 2.32. The molecular formula is C8H10F2O. The Hall–Kier alpha value is -0.700. The van der Waals surface area contributed by atoms with Crippen molar-refractivity contribution < 1.29 is 13.9 Å². The van der Waals surface area contributed by atoms with E-state index in [1.807, 2.05) is 0 Å². The SMILES string of the molecule is CC1=CC(F)C(C)(O)C=C1F. The van der Waals surface area contributed by atoms with Gasteiger partial charge in [0.2, 0.25) is 0 Å². The molecule has 0 aromatic carbocycles. The third-order valence-electron chi connectivity index (χ3n) is 1.75. The minimum atomic E-state index is -1.69. The summed E-state index contributed by atoms with van der Waals surface area (Å²) in [6.45, 7) is 2.70. The van der Waals surface area contributed by atoms with Gasteiger partial charge in [0, 0.05) is 0 Å². The topological polar surface area (TPSA) is 20.2 Å². The summed E-state index contributed by atoms with van der Waals surface area (Å²) in [5.41, 5.74) is -1.45. The van der Waals surface area contributed by atoms with Crippen molar-refractivity contribution in [3.05, 3.63) is 23.6 Å². The average molecular weight is 160 g/mol. The first-order valence-electron chi connectivity index (χ1n) is 3.37. The first-order chi connectivity index (χ1) is 4.93. The Kier molecular flexibility index (Phi) is 1.84. The van der Waals surface area contributed by atoms with E-state index < -0.39 is 17.6 Å². The number of hydrogen-bond donors (Lipinski definition) is 1. The molecule has 0 aromatic rings. The normalized spacial score (nSPS) is 38.1. The summed E-state index contributed by atoms with van der Waals surface area (Å²) in [6.07, 6.45) is 0.462. The van der Waals surface area contributed by atoms with Crippen LogP contribution >= 0.6 is 0 Å². The summed E-state index contributed by atoms with van der Waals surface area (Å²) in [5, 5.41) is 9.20. The smallest absolute Gasteiger partial charge is 0.151 e. The average Bonchev–Trinajstić information content (AvgIpc) is 1.83. The second-order valence-electron chi connectivity index (χ2n) is 2.97. The molecule has 1 aliphatic carbocycles. The van der Waals surface area contributed by atoms with Crippen LogP contribution in [0, 0.1) is 0 Å². The van der Waals surface area contributed by atoms with Crippen molar-refractivity contribution in [3.8, 4) is 0 Å². The molecule has 0 radical (unpaired) electrons. The number of halogens is 2. The van der Waals surface area contributed by atoms with Crippen molar-refractivity contribution >= 4 is 0 Å². The Labute approximate surface area is 64.0 Å². The maximum atomic E-state index is 12.8. The summed E-state index contributed by atoms with van der Waals surface area (Å²) in [5.74, 6) is -0.552. The van der Waals surface area contributed by atoms with Gasteiger partial charge in [-0.25, -0.2) is 8.78 Å². The van der Waals surface area contributed by atoms with E-state index >= 15 is 0 Å². The van der Waals surface area contributed by atoms with Crippen LogP contribution in [0.2, 0.25) is 0 Å². The summed E-state index contributed by atoms with van der Waals surface area (Å²) < 4.78 is 25.6. The zero-order chi connectivity index (χ0) is 8.65. The van der Waals surface area contributed by atoms with Crippen LogP contribution in [0.15, 0.2) is 23.6 Å². The maximum absolute atomic E-state index is 12.8. The first kappa shape index (κ1) is 8.40. The lowest BCUT2D eigenvalue weighted by atomic mass is 9.92. The van der Waals surface area contributed by atoms with Gasteiger partial charge in [-0.15, -0.1) is 0 Å². The van der Waals surface area contributed by atoms with Crippen molar-refractivity contribution in [2.24, 2.45) is 0 Å². The van der Waals surface area contributed by atoms with E-state index in [0.29, 0.717) is 0 Å². The number of allylic oxidation sites excluding steroid dienone is 2. The van der Waals surface area contributed by atoms with Gasteiger partial charge in [0.1, 0.15) is 11.4 Å². The lowest BCUT2D eigenvalue weighted by Gasteiger charge is -2.25. The van der Waals surface area contributed by atoms with Gasteiger partial charge in [-0.3, -0.25) is 0 Å². The highest BCUT2D eigenvalue weighted by molar-refractivity contribution is 5.33. The molecule has 0 aliphatic heterocycles. The van der Waals surface area contributed by atoms with Crippen LogP contribution in [0.4, 0.5) is 8.78 Å². The van der Waals surface area contributed by atoms with Gasteiger partial charge in [-0.05, 0) is 31.6 Å². The summed E-state index contributed by atoms with van der Waals surface area (Å²) in [6, 6.07) is 0. The van der Waals surface area contributed by atoms with Gasteiger partial charge in [-0.1, -0.05) is 0 Å². The van der Waals surface area contributed by atoms with Gasteiger partial charge in [0.15, 0.2) is 6.17 Å². The predicted molar refractivity (Wildman–Crippen MR) is 38.5 cm³/mol. The fourth-order valence-electron chi connectivity index (χ4n) is 0.918. The van der Waals surface area contributed by atoms with Crippen molar-refractivity contribution in [1.29, 1.82) is 0 Å². The molecule has 0 spiro atoms. The molecular weight excluding hydrogens is 150 g/mol. The molecule has 1 nitrogen and oxygen atoms in total. The van der Waals surface area contributed by atoms with Crippen molar-refractivity contribution in [2.45, 2.75) is 25.6 Å². The molecule has 0 saturated heterocycles. The number of alkyl halides is 1. The van der Waals surface area contributed by atoms with E-state index in [2.05, 4.69) is 0 Å². The Morgan fingerprint density at radius 2 is 2.18 bits per heavy atom. The number of hydrogen-bond acceptors (Lipinski definition) is 1. The van der Waals surface area contributed by atoms with Crippen molar-refractivity contribution in [1.82, 2.24) is 0 Å². The van der Waals surface area contributed by atoms with Gasteiger partial charge in [-0.2, -0.15) is 0 Å². The van der Waals surface area contributed by atoms with Gasteiger partial charge in [0.05, 0.1) is 0 Å². The van der Waals surface area contributed by atoms with Gasteiger partial charge >= 0.3 is 0 Å². The molecule has 0 aromatic heterocycles. The van der Waals surface area contributed by atoms with Gasteiger partial charge in [0.25, 0.3) is 0 Å². The second kappa shape index (κ2) is 2.41. The summed E-state index contributed by atoms with van der Waals surface area (Å²) in [7, 11) is 0. The van der Waals surface area contributed by atoms with E-state index in [4.69, 9.17) is 0 Å². The molecule has 0 amide bonds. The van der Waals surface area contributed by atoms with Crippen molar-refractivity contribution in [3.63, 3.8) is 0 Å². The number of rotatable bonds is 0. The minimum Gasteiger partial charge on any atom is -0.383 e. The molecule has 11 heavy (non-hydrogen) atoms. The third kappa shape index (κ3) is 1.48. The maximum Gasteiger partial charge on any atom is 0.151 e. The second-order valence-corrected chi connectivity index (χ2v) is 2.97. The van der Waals surface area contributed by atoms with Crippen LogP contribution in [0.25, 0.3) is 0 Å².